The maximum Gasteiger partial charge on any atom is 0.258 e. The fourth-order valence-electron chi connectivity index (χ4n) is 8.44. The smallest absolute Gasteiger partial charge is 0.258 e. The number of amides is 4. The van der Waals surface area contributed by atoms with Crippen LogP contribution < -0.4 is 14.5 Å². The van der Waals surface area contributed by atoms with E-state index in [2.05, 4.69) is 0 Å². The summed E-state index contributed by atoms with van der Waals surface area (Å²) in [6, 6.07) is 24.9. The van der Waals surface area contributed by atoms with E-state index in [4.69, 9.17) is 27.9 Å². The zero-order chi connectivity index (χ0) is 37.4. The first-order valence-electron chi connectivity index (χ1n) is 17.1. The zero-order valence-corrected chi connectivity index (χ0v) is 29.7. The Kier molecular flexibility index (Phi) is 8.31. The van der Waals surface area contributed by atoms with Crippen LogP contribution in [0.25, 0.3) is 0 Å². The molecule has 1 saturated carbocycles. The summed E-state index contributed by atoms with van der Waals surface area (Å²) >= 11 is 14.9. The summed E-state index contributed by atoms with van der Waals surface area (Å²) in [6.45, 7) is 1.63. The van der Waals surface area contributed by atoms with Crippen LogP contribution in [-0.4, -0.2) is 44.3 Å². The molecule has 0 unspecified atom stereocenters. The van der Waals surface area contributed by atoms with Crippen LogP contribution in [0, 0.1) is 23.6 Å². The topological polar surface area (TPSA) is 121 Å². The highest BCUT2D eigenvalue weighted by Crippen LogP contribution is 2.66. The van der Waals surface area contributed by atoms with Gasteiger partial charge in [0, 0.05) is 23.1 Å². The van der Waals surface area contributed by atoms with Crippen LogP contribution in [0.5, 0.6) is 11.5 Å². The minimum absolute atomic E-state index is 0.0469. The lowest BCUT2D eigenvalue weighted by Gasteiger charge is -2.50. The molecule has 3 fully saturated rings. The number of anilines is 2. The van der Waals surface area contributed by atoms with Gasteiger partial charge < -0.3 is 9.84 Å². The van der Waals surface area contributed by atoms with E-state index in [9.17, 15) is 33.5 Å². The van der Waals surface area contributed by atoms with Gasteiger partial charge in [0.05, 0.1) is 23.2 Å². The van der Waals surface area contributed by atoms with E-state index in [0.29, 0.717) is 22.6 Å². The summed E-state index contributed by atoms with van der Waals surface area (Å²) in [5.74, 6) is -7.30. The number of carbonyl (C=O) groups is 5. The fraction of sp³-hybridized carbons (Fsp3) is 0.244. The minimum atomic E-state index is -2.22. The molecule has 4 aliphatic rings. The summed E-state index contributed by atoms with van der Waals surface area (Å²) in [7, 11) is 0. The molecule has 0 radical (unpaired) electrons. The normalized spacial score (nSPS) is 27.7. The number of phenolic OH excluding ortho intramolecular Hbond substituents is 1. The number of alkyl halides is 2. The van der Waals surface area contributed by atoms with Crippen molar-refractivity contribution in [1.29, 1.82) is 0 Å². The summed E-state index contributed by atoms with van der Waals surface area (Å²) in [4.78, 5) is 66.9. The molecule has 2 aliphatic heterocycles. The van der Waals surface area contributed by atoms with Gasteiger partial charge in [0.1, 0.15) is 23.9 Å². The second kappa shape index (κ2) is 12.7. The van der Waals surface area contributed by atoms with Crippen LogP contribution in [0.4, 0.5) is 15.8 Å². The van der Waals surface area contributed by atoms with Gasteiger partial charge in [-0.3, -0.25) is 28.9 Å². The maximum absolute atomic E-state index is 14.6. The van der Waals surface area contributed by atoms with Crippen LogP contribution in [0.3, 0.4) is 0 Å². The van der Waals surface area contributed by atoms with Crippen LogP contribution in [0.2, 0.25) is 0 Å². The Bertz CT molecular complexity index is 2250. The first-order chi connectivity index (χ1) is 25.3. The third-order valence-electron chi connectivity index (χ3n) is 11.0. The van der Waals surface area contributed by atoms with E-state index in [0.717, 1.165) is 27.5 Å². The predicted molar refractivity (Wildman–Crippen MR) is 194 cm³/mol. The number of rotatable bonds is 7. The highest BCUT2D eigenvalue weighted by molar-refractivity contribution is 6.58. The number of ketones is 1. The van der Waals surface area contributed by atoms with Crippen molar-refractivity contribution in [3.8, 4) is 11.5 Å². The molecule has 9 nitrogen and oxygen atoms in total. The van der Waals surface area contributed by atoms with Crippen molar-refractivity contribution in [2.45, 2.75) is 42.0 Å². The largest absolute Gasteiger partial charge is 0.508 e. The molecule has 268 valence electrons. The van der Waals surface area contributed by atoms with E-state index in [1.807, 2.05) is 30.3 Å². The molecule has 0 aromatic heterocycles. The Balaban J connectivity index is 1.23. The van der Waals surface area contributed by atoms with Crippen molar-refractivity contribution in [1.82, 2.24) is 0 Å². The first kappa shape index (κ1) is 34.7. The predicted octanol–water partition coefficient (Wildman–Crippen LogP) is 7.08. The van der Waals surface area contributed by atoms with Crippen molar-refractivity contribution < 1.29 is 38.2 Å². The molecule has 2 heterocycles. The van der Waals surface area contributed by atoms with E-state index >= 15 is 0 Å². The summed E-state index contributed by atoms with van der Waals surface area (Å²) in [5, 5.41) is 11.6. The Hall–Kier alpha value is -5.32. The molecule has 2 aliphatic carbocycles. The summed E-state index contributed by atoms with van der Waals surface area (Å²) in [6.07, 6.45) is 1.60. The molecule has 12 heteroatoms. The number of Topliss-reactive ketones (excluding diaryl/α,β-unsaturated/α-hetero) is 1. The monoisotopic (exact) mass is 752 g/mol. The van der Waals surface area contributed by atoms with Crippen LogP contribution in [0.15, 0.2) is 109 Å². The fourth-order valence-corrected chi connectivity index (χ4v) is 9.37. The zero-order valence-electron chi connectivity index (χ0n) is 28.2. The second-order valence-electron chi connectivity index (χ2n) is 13.9. The Morgan fingerprint density at radius 1 is 0.849 bits per heavy atom. The third-order valence-corrected chi connectivity index (χ3v) is 12.4. The lowest BCUT2D eigenvalue weighted by atomic mass is 9.56. The number of hydrogen-bond donors (Lipinski definition) is 1. The minimum Gasteiger partial charge on any atom is -0.508 e. The number of allylic oxidation sites excluding steroid dienone is 2. The number of carbonyl (C=O) groups excluding carboxylic acids is 5. The van der Waals surface area contributed by atoms with Gasteiger partial charge in [-0.05, 0) is 85.8 Å². The molecule has 53 heavy (non-hydrogen) atoms. The molecule has 2 saturated heterocycles. The number of ether oxygens (including phenoxy) is 1. The van der Waals surface area contributed by atoms with E-state index in [1.165, 1.54) is 37.3 Å². The van der Waals surface area contributed by atoms with Crippen molar-refractivity contribution in [3.05, 3.63) is 131 Å². The summed E-state index contributed by atoms with van der Waals surface area (Å²) < 4.78 is 19.9. The first-order valence-corrected chi connectivity index (χ1v) is 17.8. The van der Waals surface area contributed by atoms with Crippen molar-refractivity contribution in [2.24, 2.45) is 17.8 Å². The van der Waals surface area contributed by atoms with Gasteiger partial charge in [0.25, 0.3) is 11.8 Å². The molecule has 1 N–H and O–H groups in total. The Morgan fingerprint density at radius 3 is 2.17 bits per heavy atom. The molecule has 0 bridgehead atoms. The second-order valence-corrected chi connectivity index (χ2v) is 15.1. The molecular formula is C41H31Cl2FN2O7. The number of aromatic hydroxyl groups is 1. The number of phenols is 1. The molecule has 4 aromatic carbocycles. The van der Waals surface area contributed by atoms with Gasteiger partial charge in [-0.2, -0.15) is 0 Å². The number of halogens is 3. The number of benzene rings is 4. The quantitative estimate of drug-likeness (QED) is 0.0927. The van der Waals surface area contributed by atoms with Gasteiger partial charge in [0.15, 0.2) is 15.5 Å². The third kappa shape index (κ3) is 5.21. The number of hydrogen-bond acceptors (Lipinski definition) is 7. The average Bonchev–Trinajstić information content (AvgIpc) is 3.49. The van der Waals surface area contributed by atoms with Crippen molar-refractivity contribution >= 4 is 64.0 Å². The van der Waals surface area contributed by atoms with Crippen LogP contribution >= 0.6 is 23.2 Å². The van der Waals surface area contributed by atoms with E-state index < -0.39 is 62.9 Å². The van der Waals surface area contributed by atoms with Gasteiger partial charge in [-0.15, -0.1) is 23.2 Å². The van der Waals surface area contributed by atoms with Crippen molar-refractivity contribution in [3.63, 3.8) is 0 Å². The van der Waals surface area contributed by atoms with Gasteiger partial charge in [-0.1, -0.05) is 48.0 Å². The van der Waals surface area contributed by atoms with Crippen LogP contribution in [0.1, 0.15) is 47.2 Å². The van der Waals surface area contributed by atoms with E-state index in [-0.39, 0.29) is 42.2 Å². The molecule has 6 atom stereocenters. The lowest BCUT2D eigenvalue weighted by molar-refractivity contribution is -0.125. The van der Waals surface area contributed by atoms with Crippen LogP contribution in [-0.2, 0) is 25.8 Å². The number of fused-ring (bicyclic) bond motifs is 4. The highest BCUT2D eigenvalue weighted by Gasteiger charge is 2.77. The average molecular weight is 754 g/mol. The summed E-state index contributed by atoms with van der Waals surface area (Å²) in [5.41, 5.74) is 2.31. The number of imide groups is 2. The van der Waals surface area contributed by atoms with Gasteiger partial charge in [0.2, 0.25) is 11.8 Å². The maximum atomic E-state index is 14.6. The van der Waals surface area contributed by atoms with Gasteiger partial charge in [-0.25, -0.2) is 9.29 Å². The molecule has 4 aromatic rings. The Morgan fingerprint density at radius 2 is 1.51 bits per heavy atom. The SMILES string of the molecule is CC(=O)c1ccc(N2C(=O)[C@H]3[C@H](CC=C4[C@H]3C[C@@]3(Cl)C(=O)N(c5ccc(F)cc5)C(=O)[C@@]3(Cl)[C@H]4c3ccc(OCc4ccccc4)cc3O)C2=O)cc1. The van der Waals surface area contributed by atoms with Crippen molar-refractivity contribution in [2.75, 3.05) is 9.80 Å². The molecular weight excluding hydrogens is 722 g/mol. The molecule has 4 amide bonds. The molecule has 0 spiro atoms. The number of nitrogens with zero attached hydrogens (tertiary/aromatic N) is 2. The Labute approximate surface area is 313 Å². The standard InChI is InChI=1S/C41H31Cl2FN2O7/c1-22(47)24-7-11-26(12-8-24)45-36(49)31-18-17-29-32(34(31)37(45)50)20-40(42)38(51)46(27-13-9-25(44)10-14-27)39(52)41(40,43)35(29)30-16-15-28(19-33(30)48)53-21-23-5-3-2-4-6-23/h2-17,19,31-32,34-35,48H,18,20-21H2,1H3/t31-,32+,34-,35+,40+,41-/m0/s1. The molecule has 8 rings (SSSR count). The van der Waals surface area contributed by atoms with E-state index in [1.54, 1.807) is 30.3 Å². The highest BCUT2D eigenvalue weighted by atomic mass is 35.5. The van der Waals surface area contributed by atoms with Gasteiger partial charge >= 0.3 is 0 Å². The lowest BCUT2D eigenvalue weighted by Crippen LogP contribution is -2.60.